The number of likely N-dealkylation sites (N-methyl/N-ethyl adjacent to an activating group) is 1. The van der Waals surface area contributed by atoms with Gasteiger partial charge in [-0.15, -0.1) is 0 Å². The van der Waals surface area contributed by atoms with E-state index in [9.17, 15) is 14.4 Å². The second kappa shape index (κ2) is 7.13. The third-order valence-corrected chi connectivity index (χ3v) is 2.50. The van der Waals surface area contributed by atoms with Gasteiger partial charge in [0.05, 0.1) is 13.5 Å². The fourth-order valence-corrected chi connectivity index (χ4v) is 1.43. The molecule has 0 aliphatic heterocycles. The quantitative estimate of drug-likeness (QED) is 0.783. The van der Waals surface area contributed by atoms with Gasteiger partial charge < -0.3 is 20.1 Å². The zero-order valence-corrected chi connectivity index (χ0v) is 11.3. The minimum atomic E-state index is -0.917. The number of carbonyl (C=O) groups excluding carboxylic acids is 2. The molecule has 0 fully saturated rings. The number of esters is 1. The van der Waals surface area contributed by atoms with Gasteiger partial charge in [-0.05, 0) is 17.7 Å². The molecule has 20 heavy (non-hydrogen) atoms. The Labute approximate surface area is 116 Å². The Kier molecular flexibility index (Phi) is 5.52. The first-order valence-electron chi connectivity index (χ1n) is 5.82. The van der Waals surface area contributed by atoms with Crippen LogP contribution < -0.4 is 5.32 Å². The summed E-state index contributed by atoms with van der Waals surface area (Å²) in [5.41, 5.74) is 1.15. The number of carboxylic acid groups (broad SMARTS) is 1. The van der Waals surface area contributed by atoms with E-state index in [1.165, 1.54) is 19.1 Å². The number of nitrogens with one attached hydrogen (secondary N) is 1. The highest BCUT2D eigenvalue weighted by atomic mass is 16.5. The molecule has 0 spiro atoms. The molecule has 0 aliphatic rings. The molecule has 0 aliphatic carbocycles. The van der Waals surface area contributed by atoms with Crippen molar-refractivity contribution in [2.45, 2.75) is 6.42 Å². The van der Waals surface area contributed by atoms with E-state index in [4.69, 9.17) is 5.11 Å². The molecule has 0 heterocycles. The van der Waals surface area contributed by atoms with E-state index in [1.807, 2.05) is 0 Å². The Balaban J connectivity index is 2.57. The third kappa shape index (κ3) is 4.97. The minimum absolute atomic E-state index is 0.0729. The molecule has 0 aromatic heterocycles. The molecular formula is C13H16N2O5. The summed E-state index contributed by atoms with van der Waals surface area (Å²) in [6, 6.07) is 5.97. The van der Waals surface area contributed by atoms with E-state index in [1.54, 1.807) is 24.3 Å². The molecule has 0 atom stereocenters. The summed E-state index contributed by atoms with van der Waals surface area (Å²) in [4.78, 5) is 34.5. The van der Waals surface area contributed by atoms with E-state index >= 15 is 0 Å². The van der Waals surface area contributed by atoms with Gasteiger partial charge in [0.25, 0.3) is 0 Å². The van der Waals surface area contributed by atoms with Gasteiger partial charge >= 0.3 is 18.0 Å². The molecule has 0 saturated heterocycles. The smallest absolute Gasteiger partial charge is 0.325 e. The number of hydrogen-bond donors (Lipinski definition) is 2. The van der Waals surface area contributed by atoms with Crippen LogP contribution in [-0.2, 0) is 20.7 Å². The van der Waals surface area contributed by atoms with Gasteiger partial charge in [-0.25, -0.2) is 4.79 Å². The molecule has 7 nitrogen and oxygen atoms in total. The van der Waals surface area contributed by atoms with Crippen molar-refractivity contribution in [3.8, 4) is 0 Å². The Morgan fingerprint density at radius 1 is 1.25 bits per heavy atom. The van der Waals surface area contributed by atoms with Gasteiger partial charge in [0.2, 0.25) is 0 Å². The summed E-state index contributed by atoms with van der Waals surface area (Å²) in [7, 11) is 2.71. The van der Waals surface area contributed by atoms with Gasteiger partial charge in [-0.1, -0.05) is 12.1 Å². The Bertz CT molecular complexity index is 498. The minimum Gasteiger partial charge on any atom is -0.481 e. The topological polar surface area (TPSA) is 95.9 Å². The van der Waals surface area contributed by atoms with Gasteiger partial charge in [-0.3, -0.25) is 9.59 Å². The number of carbonyl (C=O) groups is 3. The van der Waals surface area contributed by atoms with Crippen molar-refractivity contribution in [3.63, 3.8) is 0 Å². The van der Waals surface area contributed by atoms with Crippen molar-refractivity contribution in [2.75, 3.05) is 26.0 Å². The average molecular weight is 280 g/mol. The number of methoxy groups -OCH3 is 1. The molecule has 1 rings (SSSR count). The van der Waals surface area contributed by atoms with Crippen LogP contribution in [0.25, 0.3) is 0 Å². The molecular weight excluding hydrogens is 264 g/mol. The molecule has 7 heteroatoms. The lowest BCUT2D eigenvalue weighted by Gasteiger charge is -2.16. The van der Waals surface area contributed by atoms with Crippen molar-refractivity contribution in [1.82, 2.24) is 4.90 Å². The van der Waals surface area contributed by atoms with Crippen LogP contribution in [0.1, 0.15) is 5.56 Å². The number of rotatable bonds is 5. The number of urea groups is 1. The van der Waals surface area contributed by atoms with Crippen LogP contribution in [0.15, 0.2) is 24.3 Å². The second-order valence-corrected chi connectivity index (χ2v) is 4.13. The van der Waals surface area contributed by atoms with Gasteiger partial charge in [0.1, 0.15) is 6.54 Å². The molecule has 2 amide bonds. The van der Waals surface area contributed by atoms with Crippen LogP contribution >= 0.6 is 0 Å². The second-order valence-electron chi connectivity index (χ2n) is 4.13. The van der Waals surface area contributed by atoms with Crippen LogP contribution in [-0.4, -0.2) is 48.7 Å². The zero-order valence-electron chi connectivity index (χ0n) is 11.3. The number of benzene rings is 1. The van der Waals surface area contributed by atoms with E-state index < -0.39 is 18.0 Å². The van der Waals surface area contributed by atoms with Crippen LogP contribution in [0.5, 0.6) is 0 Å². The number of amides is 2. The molecule has 1 aromatic rings. The number of aliphatic carboxylic acids is 1. The van der Waals surface area contributed by atoms with Crippen LogP contribution in [0.3, 0.4) is 0 Å². The number of carboxylic acids is 1. The van der Waals surface area contributed by atoms with Crippen molar-refractivity contribution in [2.24, 2.45) is 0 Å². The highest BCUT2D eigenvalue weighted by Crippen LogP contribution is 2.10. The maximum Gasteiger partial charge on any atom is 0.325 e. The molecule has 2 N–H and O–H groups in total. The molecule has 0 unspecified atom stereocenters. The summed E-state index contributed by atoms with van der Waals surface area (Å²) in [6.45, 7) is -0.153. The summed E-state index contributed by atoms with van der Waals surface area (Å²) in [5.74, 6) is -1.43. The SMILES string of the molecule is COC(=O)CN(C)C(=O)Nc1ccc(CC(=O)O)cc1. The molecule has 0 saturated carbocycles. The Morgan fingerprint density at radius 2 is 1.85 bits per heavy atom. The van der Waals surface area contributed by atoms with E-state index in [0.717, 1.165) is 0 Å². The molecule has 0 bridgehead atoms. The zero-order chi connectivity index (χ0) is 15.1. The lowest BCUT2D eigenvalue weighted by atomic mass is 10.1. The summed E-state index contributed by atoms with van der Waals surface area (Å²) in [6.07, 6.45) is -0.0729. The maximum absolute atomic E-state index is 11.7. The predicted octanol–water partition coefficient (Wildman–Crippen LogP) is 0.950. The number of hydrogen-bond acceptors (Lipinski definition) is 4. The number of ether oxygens (including phenoxy) is 1. The predicted molar refractivity (Wildman–Crippen MR) is 71.4 cm³/mol. The van der Waals surface area contributed by atoms with Crippen molar-refractivity contribution < 1.29 is 24.2 Å². The van der Waals surface area contributed by atoms with Crippen molar-refractivity contribution in [3.05, 3.63) is 29.8 Å². The van der Waals surface area contributed by atoms with Crippen LogP contribution in [0.2, 0.25) is 0 Å². The first-order chi connectivity index (χ1) is 9.42. The number of anilines is 1. The fourth-order valence-electron chi connectivity index (χ4n) is 1.43. The van der Waals surface area contributed by atoms with Crippen molar-refractivity contribution in [1.29, 1.82) is 0 Å². The van der Waals surface area contributed by atoms with Gasteiger partial charge in [0, 0.05) is 12.7 Å². The summed E-state index contributed by atoms with van der Waals surface area (Å²) >= 11 is 0. The largest absolute Gasteiger partial charge is 0.481 e. The average Bonchev–Trinajstić information content (AvgIpc) is 2.40. The molecule has 1 aromatic carbocycles. The van der Waals surface area contributed by atoms with Crippen molar-refractivity contribution >= 4 is 23.7 Å². The van der Waals surface area contributed by atoms with Crippen LogP contribution in [0.4, 0.5) is 10.5 Å². The highest BCUT2D eigenvalue weighted by Gasteiger charge is 2.13. The maximum atomic E-state index is 11.7. The van der Waals surface area contributed by atoms with Crippen LogP contribution in [0, 0.1) is 0 Å². The Morgan fingerprint density at radius 3 is 2.35 bits per heavy atom. The summed E-state index contributed by atoms with van der Waals surface area (Å²) in [5, 5.41) is 11.2. The highest BCUT2D eigenvalue weighted by molar-refractivity contribution is 5.91. The summed E-state index contributed by atoms with van der Waals surface area (Å²) < 4.78 is 4.46. The monoisotopic (exact) mass is 280 g/mol. The van der Waals surface area contributed by atoms with E-state index in [2.05, 4.69) is 10.1 Å². The first kappa shape index (κ1) is 15.5. The first-order valence-corrected chi connectivity index (χ1v) is 5.82. The molecule has 0 radical (unpaired) electrons. The lowest BCUT2D eigenvalue weighted by molar-refractivity contribution is -0.141. The van der Waals surface area contributed by atoms with Gasteiger partial charge in [0.15, 0.2) is 0 Å². The van der Waals surface area contributed by atoms with E-state index in [0.29, 0.717) is 11.3 Å². The normalized spacial score (nSPS) is 9.70. The lowest BCUT2D eigenvalue weighted by Crippen LogP contribution is -2.35. The van der Waals surface area contributed by atoms with E-state index in [-0.39, 0.29) is 13.0 Å². The number of nitrogens with zero attached hydrogens (tertiary/aromatic N) is 1. The molecule has 108 valence electrons. The van der Waals surface area contributed by atoms with Gasteiger partial charge in [-0.2, -0.15) is 0 Å². The third-order valence-electron chi connectivity index (χ3n) is 2.50. The Hall–Kier alpha value is -2.57. The standard InChI is InChI=1S/C13H16N2O5/c1-15(8-12(18)20-2)13(19)14-10-5-3-9(4-6-10)7-11(16)17/h3-6H,7-8H2,1-2H3,(H,14,19)(H,16,17). The fraction of sp³-hybridized carbons (Fsp3) is 0.308.